The summed E-state index contributed by atoms with van der Waals surface area (Å²) >= 11 is 0. The summed E-state index contributed by atoms with van der Waals surface area (Å²) in [5, 5.41) is 4.26. The molecular formula is C12H13N3O. The highest BCUT2D eigenvalue weighted by atomic mass is 16.5. The molecule has 1 aliphatic rings. The van der Waals surface area contributed by atoms with E-state index >= 15 is 0 Å². The second-order valence-electron chi connectivity index (χ2n) is 4.07. The second kappa shape index (κ2) is 3.35. The van der Waals surface area contributed by atoms with Crippen LogP contribution in [-0.4, -0.2) is 9.78 Å². The Morgan fingerprint density at radius 1 is 1.25 bits per heavy atom. The molecule has 0 aliphatic carbocycles. The molecule has 0 atom stereocenters. The zero-order valence-electron chi connectivity index (χ0n) is 9.10. The third kappa shape index (κ3) is 1.39. The van der Waals surface area contributed by atoms with Gasteiger partial charge in [-0.25, -0.2) is 4.68 Å². The van der Waals surface area contributed by atoms with E-state index in [0.29, 0.717) is 12.4 Å². The van der Waals surface area contributed by atoms with Crippen LogP contribution in [-0.2, 0) is 18.0 Å². The molecule has 0 saturated carbocycles. The number of nitrogens with zero attached hydrogens (tertiary/aromatic N) is 2. The van der Waals surface area contributed by atoms with Gasteiger partial charge in [0.05, 0.1) is 18.9 Å². The predicted molar refractivity (Wildman–Crippen MR) is 61.2 cm³/mol. The predicted octanol–water partition coefficient (Wildman–Crippen LogP) is 1.79. The minimum absolute atomic E-state index is 0.550. The number of nitrogen functional groups attached to an aromatic ring is 1. The molecule has 2 aromatic rings. The molecule has 16 heavy (non-hydrogen) atoms. The molecule has 0 radical (unpaired) electrons. The lowest BCUT2D eigenvalue weighted by Gasteiger charge is -2.05. The molecule has 4 heteroatoms. The number of hydrogen-bond acceptors (Lipinski definition) is 3. The topological polar surface area (TPSA) is 53.1 Å². The summed E-state index contributed by atoms with van der Waals surface area (Å²) < 4.78 is 7.24. The summed E-state index contributed by atoms with van der Waals surface area (Å²) in [4.78, 5) is 0. The first kappa shape index (κ1) is 9.42. The van der Waals surface area contributed by atoms with Gasteiger partial charge in [0.2, 0.25) is 0 Å². The van der Waals surface area contributed by atoms with Crippen LogP contribution >= 0.6 is 0 Å². The maximum atomic E-state index is 5.67. The third-order valence-corrected chi connectivity index (χ3v) is 2.86. The second-order valence-corrected chi connectivity index (χ2v) is 4.07. The Hall–Kier alpha value is -1.81. The molecule has 82 valence electrons. The van der Waals surface area contributed by atoms with E-state index in [9.17, 15) is 0 Å². The fourth-order valence-electron chi connectivity index (χ4n) is 2.05. The largest absolute Gasteiger partial charge is 0.382 e. The van der Waals surface area contributed by atoms with Crippen molar-refractivity contribution in [2.45, 2.75) is 20.1 Å². The molecule has 0 saturated heterocycles. The van der Waals surface area contributed by atoms with Crippen LogP contribution in [0.3, 0.4) is 0 Å². The lowest BCUT2D eigenvalue weighted by atomic mass is 10.1. The number of hydrogen-bond donors (Lipinski definition) is 1. The Kier molecular flexibility index (Phi) is 1.97. The zero-order valence-corrected chi connectivity index (χ0v) is 9.10. The Labute approximate surface area is 93.6 Å². The number of fused-ring (bicyclic) bond motifs is 1. The number of anilines is 1. The number of nitrogens with two attached hydrogens (primary N) is 1. The maximum Gasteiger partial charge on any atom is 0.146 e. The van der Waals surface area contributed by atoms with Gasteiger partial charge in [0.1, 0.15) is 5.82 Å². The SMILES string of the molecule is Cc1cc(N)nn1-c1ccc2c(c1)COC2. The zero-order chi connectivity index (χ0) is 11.1. The van der Waals surface area contributed by atoms with Gasteiger partial charge in [-0.15, -0.1) is 0 Å². The summed E-state index contributed by atoms with van der Waals surface area (Å²) in [6.07, 6.45) is 0. The maximum absolute atomic E-state index is 5.67. The fourth-order valence-corrected chi connectivity index (χ4v) is 2.05. The van der Waals surface area contributed by atoms with Gasteiger partial charge in [-0.2, -0.15) is 5.10 Å². The Morgan fingerprint density at radius 2 is 2.06 bits per heavy atom. The van der Waals surface area contributed by atoms with Gasteiger partial charge in [-0.05, 0) is 30.2 Å². The lowest BCUT2D eigenvalue weighted by Crippen LogP contribution is -2.00. The van der Waals surface area contributed by atoms with E-state index in [1.54, 1.807) is 0 Å². The minimum Gasteiger partial charge on any atom is -0.382 e. The van der Waals surface area contributed by atoms with E-state index in [4.69, 9.17) is 10.5 Å². The standard InChI is InChI=1S/C12H13N3O/c1-8-4-12(13)14-15(8)11-3-2-9-6-16-7-10(9)5-11/h2-5H,6-7H2,1H3,(H2,13,14). The molecule has 2 heterocycles. The number of rotatable bonds is 1. The summed E-state index contributed by atoms with van der Waals surface area (Å²) in [6.45, 7) is 3.40. The highest BCUT2D eigenvalue weighted by molar-refractivity contribution is 5.44. The number of ether oxygens (including phenoxy) is 1. The quantitative estimate of drug-likeness (QED) is 0.789. The Bertz CT molecular complexity index is 545. The first-order valence-corrected chi connectivity index (χ1v) is 5.26. The summed E-state index contributed by atoms with van der Waals surface area (Å²) in [5.41, 5.74) is 10.3. The number of benzene rings is 1. The first-order valence-electron chi connectivity index (χ1n) is 5.26. The normalized spacial score (nSPS) is 14.1. The van der Waals surface area contributed by atoms with Crippen LogP contribution in [0, 0.1) is 6.92 Å². The molecule has 4 nitrogen and oxygen atoms in total. The van der Waals surface area contributed by atoms with Gasteiger partial charge in [0.25, 0.3) is 0 Å². The van der Waals surface area contributed by atoms with Crippen LogP contribution in [0.1, 0.15) is 16.8 Å². The molecule has 0 amide bonds. The van der Waals surface area contributed by atoms with Crippen molar-refractivity contribution < 1.29 is 4.74 Å². The molecule has 0 fully saturated rings. The molecule has 1 aromatic heterocycles. The van der Waals surface area contributed by atoms with Gasteiger partial charge < -0.3 is 10.5 Å². The van der Waals surface area contributed by atoms with E-state index in [2.05, 4.69) is 17.2 Å². The van der Waals surface area contributed by atoms with E-state index < -0.39 is 0 Å². The van der Waals surface area contributed by atoms with Crippen molar-refractivity contribution >= 4 is 5.82 Å². The lowest BCUT2D eigenvalue weighted by molar-refractivity contribution is 0.134. The summed E-state index contributed by atoms with van der Waals surface area (Å²) in [5.74, 6) is 0.550. The van der Waals surface area contributed by atoms with Gasteiger partial charge in [-0.3, -0.25) is 0 Å². The highest BCUT2D eigenvalue weighted by Gasteiger charge is 2.12. The first-order chi connectivity index (χ1) is 7.74. The average molecular weight is 215 g/mol. The van der Waals surface area contributed by atoms with Crippen molar-refractivity contribution in [2.75, 3.05) is 5.73 Å². The van der Waals surface area contributed by atoms with Crippen molar-refractivity contribution in [3.8, 4) is 5.69 Å². The monoisotopic (exact) mass is 215 g/mol. The molecule has 0 unspecified atom stereocenters. The van der Waals surface area contributed by atoms with Gasteiger partial charge in [-0.1, -0.05) is 6.07 Å². The fraction of sp³-hybridized carbons (Fsp3) is 0.250. The van der Waals surface area contributed by atoms with E-state index in [0.717, 1.165) is 18.0 Å². The van der Waals surface area contributed by atoms with Gasteiger partial charge in [0.15, 0.2) is 0 Å². The van der Waals surface area contributed by atoms with Crippen molar-refractivity contribution in [1.82, 2.24) is 9.78 Å². The van der Waals surface area contributed by atoms with Crippen LogP contribution in [0.15, 0.2) is 24.3 Å². The third-order valence-electron chi connectivity index (χ3n) is 2.86. The molecule has 2 N–H and O–H groups in total. The van der Waals surface area contributed by atoms with Crippen molar-refractivity contribution in [3.63, 3.8) is 0 Å². The van der Waals surface area contributed by atoms with Crippen molar-refractivity contribution in [2.24, 2.45) is 0 Å². The van der Waals surface area contributed by atoms with Crippen LogP contribution in [0.4, 0.5) is 5.82 Å². The van der Waals surface area contributed by atoms with E-state index in [1.165, 1.54) is 11.1 Å². The summed E-state index contributed by atoms with van der Waals surface area (Å²) in [6, 6.07) is 8.12. The van der Waals surface area contributed by atoms with E-state index in [-0.39, 0.29) is 0 Å². The average Bonchev–Trinajstić information content (AvgIpc) is 2.83. The van der Waals surface area contributed by atoms with Crippen LogP contribution < -0.4 is 5.73 Å². The molecule has 3 rings (SSSR count). The minimum atomic E-state index is 0.550. The highest BCUT2D eigenvalue weighted by Crippen LogP contribution is 2.23. The van der Waals surface area contributed by atoms with Crippen LogP contribution in [0.25, 0.3) is 5.69 Å². The van der Waals surface area contributed by atoms with Crippen LogP contribution in [0.2, 0.25) is 0 Å². The van der Waals surface area contributed by atoms with Gasteiger partial charge in [0, 0.05) is 11.8 Å². The molecule has 1 aliphatic heterocycles. The van der Waals surface area contributed by atoms with Crippen molar-refractivity contribution in [3.05, 3.63) is 41.1 Å². The Balaban J connectivity index is 2.10. The number of aromatic nitrogens is 2. The van der Waals surface area contributed by atoms with Gasteiger partial charge >= 0.3 is 0 Å². The molecule has 0 bridgehead atoms. The van der Waals surface area contributed by atoms with E-state index in [1.807, 2.05) is 23.7 Å². The molecule has 0 spiro atoms. The van der Waals surface area contributed by atoms with Crippen LogP contribution in [0.5, 0.6) is 0 Å². The Morgan fingerprint density at radius 3 is 2.81 bits per heavy atom. The molecular weight excluding hydrogens is 202 g/mol. The summed E-state index contributed by atoms with van der Waals surface area (Å²) in [7, 11) is 0. The molecule has 1 aromatic carbocycles. The number of aryl methyl sites for hydroxylation is 1. The smallest absolute Gasteiger partial charge is 0.146 e. The van der Waals surface area contributed by atoms with Crippen molar-refractivity contribution in [1.29, 1.82) is 0 Å².